The summed E-state index contributed by atoms with van der Waals surface area (Å²) in [6.45, 7) is 0.339. The number of aryl methyl sites for hydroxylation is 1. The van der Waals surface area contributed by atoms with Crippen LogP contribution < -0.4 is 5.32 Å². The van der Waals surface area contributed by atoms with Gasteiger partial charge in [-0.05, 0) is 41.3 Å². The molecule has 32 heavy (non-hydrogen) atoms. The number of rotatable bonds is 9. The number of nitrogens with zero attached hydrogens (tertiary/aromatic N) is 1. The van der Waals surface area contributed by atoms with Crippen molar-refractivity contribution in [2.45, 2.75) is 31.8 Å². The minimum atomic E-state index is -0.625. The first-order valence-electron chi connectivity index (χ1n) is 10.5. The topological polar surface area (TPSA) is 49.4 Å². The first-order valence-corrected chi connectivity index (χ1v) is 11.7. The van der Waals surface area contributed by atoms with E-state index in [4.69, 9.17) is 11.6 Å². The molecule has 0 aromatic heterocycles. The summed E-state index contributed by atoms with van der Waals surface area (Å²) in [7, 11) is 1.60. The molecule has 166 valence electrons. The highest BCUT2D eigenvalue weighted by molar-refractivity contribution is 9.10. The standard InChI is InChI=1S/C26H26BrClN2O2/c1-29-26(32)24(17-19-8-3-2-4-9-19)30(18-20-10-7-12-22(27)16-20)25(31)15-14-21-11-5-6-13-23(21)28/h2-13,16,24H,14-15,17-18H2,1H3,(H,29,32). The maximum absolute atomic E-state index is 13.5. The lowest BCUT2D eigenvalue weighted by molar-refractivity contribution is -0.141. The number of benzene rings is 3. The molecule has 0 radical (unpaired) electrons. The monoisotopic (exact) mass is 512 g/mol. The van der Waals surface area contributed by atoms with E-state index in [2.05, 4.69) is 21.2 Å². The van der Waals surface area contributed by atoms with Crippen LogP contribution >= 0.6 is 27.5 Å². The molecule has 0 saturated carbocycles. The van der Waals surface area contributed by atoms with E-state index in [-0.39, 0.29) is 18.2 Å². The molecule has 0 aliphatic carbocycles. The number of hydrogen-bond acceptors (Lipinski definition) is 2. The Morgan fingerprint density at radius 3 is 2.34 bits per heavy atom. The number of carbonyl (C=O) groups excluding carboxylic acids is 2. The Balaban J connectivity index is 1.88. The van der Waals surface area contributed by atoms with Crippen LogP contribution in [-0.4, -0.2) is 29.8 Å². The molecule has 0 fully saturated rings. The van der Waals surface area contributed by atoms with Gasteiger partial charge in [0.2, 0.25) is 11.8 Å². The lowest BCUT2D eigenvalue weighted by Crippen LogP contribution is -2.49. The third-order valence-electron chi connectivity index (χ3n) is 5.33. The zero-order chi connectivity index (χ0) is 22.9. The van der Waals surface area contributed by atoms with Crippen molar-refractivity contribution in [1.82, 2.24) is 10.2 Å². The summed E-state index contributed by atoms with van der Waals surface area (Å²) in [5, 5.41) is 3.38. The Kier molecular flexibility index (Phi) is 8.89. The molecule has 2 amide bonds. The molecule has 1 atom stereocenters. The quantitative estimate of drug-likeness (QED) is 0.415. The van der Waals surface area contributed by atoms with Crippen LogP contribution in [0.25, 0.3) is 0 Å². The smallest absolute Gasteiger partial charge is 0.242 e. The van der Waals surface area contributed by atoms with Crippen molar-refractivity contribution >= 4 is 39.3 Å². The summed E-state index contributed by atoms with van der Waals surface area (Å²) in [4.78, 5) is 28.1. The van der Waals surface area contributed by atoms with Crippen LogP contribution in [0.2, 0.25) is 5.02 Å². The molecule has 0 spiro atoms. The van der Waals surface area contributed by atoms with Crippen LogP contribution in [0, 0.1) is 0 Å². The number of halogens is 2. The van der Waals surface area contributed by atoms with E-state index in [1.807, 2.05) is 78.9 Å². The molecule has 0 aliphatic rings. The van der Waals surface area contributed by atoms with E-state index in [0.717, 1.165) is 21.2 Å². The highest BCUT2D eigenvalue weighted by Crippen LogP contribution is 2.21. The minimum Gasteiger partial charge on any atom is -0.357 e. The average Bonchev–Trinajstić information content (AvgIpc) is 2.81. The summed E-state index contributed by atoms with van der Waals surface area (Å²) in [6, 6.07) is 24.5. The van der Waals surface area contributed by atoms with E-state index in [9.17, 15) is 9.59 Å². The van der Waals surface area contributed by atoms with E-state index in [1.165, 1.54) is 0 Å². The molecule has 0 saturated heterocycles. The second-order valence-corrected chi connectivity index (χ2v) is 8.89. The zero-order valence-electron chi connectivity index (χ0n) is 17.9. The fourth-order valence-electron chi connectivity index (χ4n) is 3.64. The van der Waals surface area contributed by atoms with Gasteiger partial charge < -0.3 is 10.2 Å². The Morgan fingerprint density at radius 2 is 1.66 bits per heavy atom. The third-order valence-corrected chi connectivity index (χ3v) is 6.19. The normalized spacial score (nSPS) is 11.6. The molecule has 0 bridgehead atoms. The summed E-state index contributed by atoms with van der Waals surface area (Å²) in [6.07, 6.45) is 1.21. The van der Waals surface area contributed by atoms with Gasteiger partial charge in [-0.25, -0.2) is 0 Å². The van der Waals surface area contributed by atoms with Crippen LogP contribution in [0.1, 0.15) is 23.1 Å². The molecule has 1 unspecified atom stereocenters. The Bertz CT molecular complexity index is 1060. The van der Waals surface area contributed by atoms with E-state index < -0.39 is 6.04 Å². The van der Waals surface area contributed by atoms with Gasteiger partial charge in [-0.1, -0.05) is 88.2 Å². The second-order valence-electron chi connectivity index (χ2n) is 7.56. The average molecular weight is 514 g/mol. The van der Waals surface area contributed by atoms with Crippen LogP contribution in [0.3, 0.4) is 0 Å². The van der Waals surface area contributed by atoms with Gasteiger partial charge in [0.1, 0.15) is 6.04 Å². The molecule has 3 aromatic rings. The fourth-order valence-corrected chi connectivity index (χ4v) is 4.32. The second kappa shape index (κ2) is 11.8. The summed E-state index contributed by atoms with van der Waals surface area (Å²) in [5.74, 6) is -0.274. The lowest BCUT2D eigenvalue weighted by Gasteiger charge is -2.31. The summed E-state index contributed by atoms with van der Waals surface area (Å²) < 4.78 is 0.929. The maximum Gasteiger partial charge on any atom is 0.242 e. The van der Waals surface area contributed by atoms with Gasteiger partial charge in [-0.2, -0.15) is 0 Å². The van der Waals surface area contributed by atoms with Crippen molar-refractivity contribution < 1.29 is 9.59 Å². The Labute approximate surface area is 202 Å². The van der Waals surface area contributed by atoms with Gasteiger partial charge in [-0.15, -0.1) is 0 Å². The van der Waals surface area contributed by atoms with E-state index in [0.29, 0.717) is 24.4 Å². The molecule has 3 rings (SSSR count). The number of hydrogen-bond donors (Lipinski definition) is 1. The molecule has 0 heterocycles. The van der Waals surface area contributed by atoms with Gasteiger partial charge in [-0.3, -0.25) is 9.59 Å². The zero-order valence-corrected chi connectivity index (χ0v) is 20.3. The van der Waals surface area contributed by atoms with Crippen LogP contribution in [-0.2, 0) is 29.0 Å². The fraction of sp³-hybridized carbons (Fsp3) is 0.231. The number of amides is 2. The van der Waals surface area contributed by atoms with E-state index >= 15 is 0 Å². The maximum atomic E-state index is 13.5. The van der Waals surface area contributed by atoms with Gasteiger partial charge >= 0.3 is 0 Å². The largest absolute Gasteiger partial charge is 0.357 e. The number of carbonyl (C=O) groups is 2. The molecule has 4 nitrogen and oxygen atoms in total. The first kappa shape index (κ1) is 24.0. The number of nitrogens with one attached hydrogen (secondary N) is 1. The predicted molar refractivity (Wildman–Crippen MR) is 132 cm³/mol. The van der Waals surface area contributed by atoms with Crippen LogP contribution in [0.5, 0.6) is 0 Å². The molecule has 3 aromatic carbocycles. The lowest BCUT2D eigenvalue weighted by atomic mass is 10.0. The predicted octanol–water partition coefficient (Wildman–Crippen LogP) is 5.42. The van der Waals surface area contributed by atoms with Gasteiger partial charge in [0.05, 0.1) is 0 Å². The highest BCUT2D eigenvalue weighted by atomic mass is 79.9. The van der Waals surface area contributed by atoms with Gasteiger partial charge in [0, 0.05) is 35.9 Å². The number of likely N-dealkylation sites (N-methyl/N-ethyl adjacent to an activating group) is 1. The highest BCUT2D eigenvalue weighted by Gasteiger charge is 2.29. The van der Waals surface area contributed by atoms with E-state index in [1.54, 1.807) is 11.9 Å². The molecule has 6 heteroatoms. The molecular formula is C26H26BrClN2O2. The Hall–Kier alpha value is -2.63. The molecule has 0 aliphatic heterocycles. The third kappa shape index (κ3) is 6.68. The SMILES string of the molecule is CNC(=O)C(Cc1ccccc1)N(Cc1cccc(Br)c1)C(=O)CCc1ccccc1Cl. The van der Waals surface area contributed by atoms with Crippen LogP contribution in [0.15, 0.2) is 83.3 Å². The molecule has 1 N–H and O–H groups in total. The van der Waals surface area contributed by atoms with Crippen molar-refractivity contribution in [3.63, 3.8) is 0 Å². The summed E-state index contributed by atoms with van der Waals surface area (Å²) in [5.41, 5.74) is 2.87. The first-order chi connectivity index (χ1) is 15.5. The van der Waals surface area contributed by atoms with Gasteiger partial charge in [0.15, 0.2) is 0 Å². The van der Waals surface area contributed by atoms with Gasteiger partial charge in [0.25, 0.3) is 0 Å². The minimum absolute atomic E-state index is 0.0885. The van der Waals surface area contributed by atoms with Crippen molar-refractivity contribution in [1.29, 1.82) is 0 Å². The molecular weight excluding hydrogens is 488 g/mol. The van der Waals surface area contributed by atoms with Crippen molar-refractivity contribution in [2.24, 2.45) is 0 Å². The van der Waals surface area contributed by atoms with Crippen molar-refractivity contribution in [3.8, 4) is 0 Å². The van der Waals surface area contributed by atoms with Crippen molar-refractivity contribution in [2.75, 3.05) is 7.05 Å². The van der Waals surface area contributed by atoms with Crippen molar-refractivity contribution in [3.05, 3.63) is 105 Å². The Morgan fingerprint density at radius 1 is 0.969 bits per heavy atom. The van der Waals surface area contributed by atoms with Crippen LogP contribution in [0.4, 0.5) is 0 Å². The summed E-state index contributed by atoms with van der Waals surface area (Å²) >= 11 is 9.78.